The minimum absolute atomic E-state index is 0.00788. The summed E-state index contributed by atoms with van der Waals surface area (Å²) in [5, 5.41) is 14.6. The van der Waals surface area contributed by atoms with E-state index >= 15 is 0 Å². The highest BCUT2D eigenvalue weighted by atomic mass is 32.1. The van der Waals surface area contributed by atoms with Gasteiger partial charge in [0.1, 0.15) is 5.78 Å². The number of hydrogen-bond acceptors (Lipinski definition) is 7. The number of ketones is 1. The molecular formula is C20H24N2O5S. The summed E-state index contributed by atoms with van der Waals surface area (Å²) < 4.78 is 5.25. The van der Waals surface area contributed by atoms with Crippen LogP contribution in [0, 0.1) is 28.4 Å². The monoisotopic (exact) mass is 404 g/mol. The third-order valence-corrected chi connectivity index (χ3v) is 6.27. The maximum Gasteiger partial charge on any atom is 0.336 e. The smallest absolute Gasteiger partial charge is 0.336 e. The van der Waals surface area contributed by atoms with Crippen molar-refractivity contribution in [3.8, 4) is 0 Å². The molecule has 2 unspecified atom stereocenters. The van der Waals surface area contributed by atoms with Crippen molar-refractivity contribution in [2.45, 2.75) is 47.0 Å². The second kappa shape index (κ2) is 7.16. The van der Waals surface area contributed by atoms with E-state index in [-0.39, 0.29) is 23.5 Å². The summed E-state index contributed by atoms with van der Waals surface area (Å²) in [4.78, 5) is 38.0. The lowest BCUT2D eigenvalue weighted by molar-refractivity contribution is -0.385. The van der Waals surface area contributed by atoms with Crippen LogP contribution in [0.2, 0.25) is 0 Å². The maximum absolute atomic E-state index is 13.1. The van der Waals surface area contributed by atoms with Gasteiger partial charge in [-0.05, 0) is 26.2 Å². The van der Waals surface area contributed by atoms with Crippen molar-refractivity contribution in [3.63, 3.8) is 0 Å². The standard InChI is InChI=1S/C20H24N2O5S/c1-6-27-19(24)16-10(2)21-12-8-20(4,5)9-14(23)17(12)18(16)15-7-13(22(25)26)11(3)28-15/h7-8,17-18,21H,6,9H2,1-5H3. The van der Waals surface area contributed by atoms with E-state index in [1.54, 1.807) is 20.8 Å². The van der Waals surface area contributed by atoms with Crippen LogP contribution in [0.3, 0.4) is 0 Å². The van der Waals surface area contributed by atoms with Crippen molar-refractivity contribution in [3.05, 3.63) is 49.0 Å². The highest BCUT2D eigenvalue weighted by Gasteiger charge is 2.47. The predicted molar refractivity (Wildman–Crippen MR) is 106 cm³/mol. The van der Waals surface area contributed by atoms with Gasteiger partial charge < -0.3 is 10.1 Å². The third-order valence-electron chi connectivity index (χ3n) is 5.15. The van der Waals surface area contributed by atoms with Gasteiger partial charge in [-0.1, -0.05) is 19.9 Å². The Morgan fingerprint density at radius 2 is 2.07 bits per heavy atom. The van der Waals surface area contributed by atoms with Gasteiger partial charge >= 0.3 is 5.97 Å². The van der Waals surface area contributed by atoms with E-state index in [2.05, 4.69) is 5.32 Å². The predicted octanol–water partition coefficient (Wildman–Crippen LogP) is 3.99. The van der Waals surface area contributed by atoms with Crippen LogP contribution in [-0.2, 0) is 14.3 Å². The van der Waals surface area contributed by atoms with Gasteiger partial charge in [0.25, 0.3) is 5.69 Å². The summed E-state index contributed by atoms with van der Waals surface area (Å²) in [7, 11) is 0. The molecule has 1 aromatic heterocycles. The van der Waals surface area contributed by atoms with Crippen molar-refractivity contribution in [2.75, 3.05) is 6.61 Å². The summed E-state index contributed by atoms with van der Waals surface area (Å²) in [6.07, 6.45) is 2.38. The van der Waals surface area contributed by atoms with Gasteiger partial charge in [-0.3, -0.25) is 14.9 Å². The number of fused-ring (bicyclic) bond motifs is 1. The number of esters is 1. The van der Waals surface area contributed by atoms with Crippen LogP contribution >= 0.6 is 11.3 Å². The van der Waals surface area contributed by atoms with Crippen LogP contribution in [-0.4, -0.2) is 23.3 Å². The van der Waals surface area contributed by atoms with Crippen molar-refractivity contribution in [2.24, 2.45) is 11.3 Å². The average molecular weight is 404 g/mol. The second-order valence-corrected chi connectivity index (χ2v) is 9.21. The Kier molecular flexibility index (Phi) is 5.18. The molecule has 0 amide bonds. The molecule has 0 aromatic carbocycles. The zero-order valence-electron chi connectivity index (χ0n) is 16.6. The fraction of sp³-hybridized carbons (Fsp3) is 0.500. The molecule has 1 aliphatic carbocycles. The lowest BCUT2D eigenvalue weighted by Crippen LogP contribution is -2.43. The van der Waals surface area contributed by atoms with E-state index in [1.807, 2.05) is 19.9 Å². The number of Topliss-reactive ketones (excluding diaryl/α,β-unsaturated/α-hetero) is 1. The fourth-order valence-electron chi connectivity index (χ4n) is 4.08. The molecule has 2 aliphatic rings. The van der Waals surface area contributed by atoms with Gasteiger partial charge in [-0.25, -0.2) is 4.79 Å². The molecule has 1 aromatic rings. The Morgan fingerprint density at radius 3 is 2.64 bits per heavy atom. The number of carbonyl (C=O) groups excluding carboxylic acids is 2. The van der Waals surface area contributed by atoms with Gasteiger partial charge in [0.2, 0.25) is 0 Å². The lowest BCUT2D eigenvalue weighted by atomic mass is 9.68. The number of ether oxygens (including phenoxy) is 1. The first kappa shape index (κ1) is 20.3. The number of nitrogens with zero attached hydrogens (tertiary/aromatic N) is 1. The fourth-order valence-corrected chi connectivity index (χ4v) is 5.23. The Balaban J connectivity index is 2.21. The second-order valence-electron chi connectivity index (χ2n) is 7.92. The zero-order chi connectivity index (χ0) is 20.8. The van der Waals surface area contributed by atoms with Gasteiger partial charge in [0, 0.05) is 34.7 Å². The average Bonchev–Trinajstić information content (AvgIpc) is 2.94. The number of rotatable bonds is 4. The largest absolute Gasteiger partial charge is 0.463 e. The van der Waals surface area contributed by atoms with Gasteiger partial charge in [0.15, 0.2) is 0 Å². The first-order chi connectivity index (χ1) is 13.1. The molecule has 0 bridgehead atoms. The molecule has 0 radical (unpaired) electrons. The molecule has 7 nitrogen and oxygen atoms in total. The molecule has 0 saturated heterocycles. The summed E-state index contributed by atoms with van der Waals surface area (Å²) in [6.45, 7) is 9.36. The molecule has 2 heterocycles. The quantitative estimate of drug-likeness (QED) is 0.463. The molecule has 0 saturated carbocycles. The first-order valence-electron chi connectivity index (χ1n) is 9.20. The molecule has 0 spiro atoms. The van der Waals surface area contributed by atoms with E-state index < -0.39 is 22.7 Å². The number of hydrogen-bond donors (Lipinski definition) is 1. The van der Waals surface area contributed by atoms with Crippen LogP contribution in [0.4, 0.5) is 5.69 Å². The van der Waals surface area contributed by atoms with Crippen molar-refractivity contribution in [1.29, 1.82) is 0 Å². The summed E-state index contributed by atoms with van der Waals surface area (Å²) in [5.74, 6) is -1.65. The minimum atomic E-state index is -0.590. The third kappa shape index (κ3) is 3.48. The highest BCUT2D eigenvalue weighted by molar-refractivity contribution is 7.12. The van der Waals surface area contributed by atoms with E-state index in [0.717, 1.165) is 5.70 Å². The summed E-state index contributed by atoms with van der Waals surface area (Å²) in [6, 6.07) is 1.49. The molecular weight excluding hydrogens is 380 g/mol. The Bertz CT molecular complexity index is 925. The van der Waals surface area contributed by atoms with Crippen molar-refractivity contribution in [1.82, 2.24) is 5.32 Å². The van der Waals surface area contributed by atoms with E-state index in [1.165, 1.54) is 17.4 Å². The highest BCUT2D eigenvalue weighted by Crippen LogP contribution is 2.49. The molecule has 2 atom stereocenters. The molecule has 8 heteroatoms. The topological polar surface area (TPSA) is 98.5 Å². The number of allylic oxidation sites excluding steroid dienone is 3. The number of nitro groups is 1. The number of aryl methyl sites for hydroxylation is 1. The van der Waals surface area contributed by atoms with Crippen molar-refractivity contribution >= 4 is 28.8 Å². The normalized spacial score (nSPS) is 23.6. The summed E-state index contributed by atoms with van der Waals surface area (Å²) in [5.41, 5.74) is 1.46. The van der Waals surface area contributed by atoms with Crippen LogP contribution < -0.4 is 5.32 Å². The van der Waals surface area contributed by atoms with Gasteiger partial charge in [0.05, 0.1) is 27.9 Å². The van der Waals surface area contributed by atoms with Crippen LogP contribution in [0.5, 0.6) is 0 Å². The minimum Gasteiger partial charge on any atom is -0.463 e. The molecule has 3 rings (SSSR count). The number of carbonyl (C=O) groups is 2. The van der Waals surface area contributed by atoms with E-state index in [9.17, 15) is 19.7 Å². The maximum atomic E-state index is 13.1. The Hall–Kier alpha value is -2.48. The van der Waals surface area contributed by atoms with Crippen LogP contribution in [0.15, 0.2) is 29.1 Å². The molecule has 1 aliphatic heterocycles. The van der Waals surface area contributed by atoms with Gasteiger partial charge in [-0.15, -0.1) is 11.3 Å². The molecule has 150 valence electrons. The van der Waals surface area contributed by atoms with E-state index in [4.69, 9.17) is 4.74 Å². The van der Waals surface area contributed by atoms with Crippen LogP contribution in [0.1, 0.15) is 49.8 Å². The SMILES string of the molecule is CCOC(=O)C1=C(C)NC2=CC(C)(C)CC(=O)C2C1c1cc([N+](=O)[O-])c(C)s1. The van der Waals surface area contributed by atoms with Crippen LogP contribution in [0.25, 0.3) is 0 Å². The lowest BCUT2D eigenvalue weighted by Gasteiger charge is -2.40. The number of nitrogens with one attached hydrogen (secondary N) is 1. The Morgan fingerprint density at radius 1 is 1.39 bits per heavy atom. The Labute approximate surface area is 167 Å². The zero-order valence-corrected chi connectivity index (χ0v) is 17.4. The molecule has 28 heavy (non-hydrogen) atoms. The summed E-state index contributed by atoms with van der Waals surface area (Å²) >= 11 is 1.26. The van der Waals surface area contributed by atoms with E-state index in [0.29, 0.717) is 27.4 Å². The first-order valence-corrected chi connectivity index (χ1v) is 10.0. The molecule has 0 fully saturated rings. The number of thiophene rings is 1. The molecule has 1 N–H and O–H groups in total. The van der Waals surface area contributed by atoms with Crippen molar-refractivity contribution < 1.29 is 19.2 Å². The van der Waals surface area contributed by atoms with Gasteiger partial charge in [-0.2, -0.15) is 0 Å².